The zero-order chi connectivity index (χ0) is 26.0. The van der Waals surface area contributed by atoms with Crippen molar-refractivity contribution in [2.75, 3.05) is 11.9 Å². The van der Waals surface area contributed by atoms with E-state index in [4.69, 9.17) is 4.74 Å². The lowest BCUT2D eigenvalue weighted by Crippen LogP contribution is -2.46. The number of carbonyl (C=O) groups excluding carboxylic acids is 2. The number of imidazole rings is 1. The number of nitrogens with zero attached hydrogens (tertiary/aromatic N) is 2. The van der Waals surface area contributed by atoms with E-state index < -0.39 is 48.2 Å². The summed E-state index contributed by atoms with van der Waals surface area (Å²) >= 11 is 0. The Morgan fingerprint density at radius 2 is 1.74 bits per heavy atom. The topological polar surface area (TPSA) is 105 Å². The van der Waals surface area contributed by atoms with E-state index >= 15 is 0 Å². The molecule has 0 fully saturated rings. The number of anilines is 1. The normalized spacial score (nSPS) is 13.8. The average Bonchev–Trinajstić information content (AvgIpc) is 3.17. The van der Waals surface area contributed by atoms with Crippen molar-refractivity contribution in [3.05, 3.63) is 60.2 Å². The SMILES string of the molecule is Cn1ccnc1C(O)(CCNC(=O)c1cc2ccccc2cc1NC(=O)OC(C)(C)C)C(F)(F)F. The summed E-state index contributed by atoms with van der Waals surface area (Å²) in [5.74, 6) is -1.32. The monoisotopic (exact) mass is 492 g/mol. The fourth-order valence-electron chi connectivity index (χ4n) is 3.54. The van der Waals surface area contributed by atoms with Gasteiger partial charge >= 0.3 is 12.3 Å². The molecular weight excluding hydrogens is 465 g/mol. The number of aryl methyl sites for hydroxylation is 1. The van der Waals surface area contributed by atoms with Crippen LogP contribution in [0.25, 0.3) is 10.8 Å². The van der Waals surface area contributed by atoms with Crippen LogP contribution in [-0.2, 0) is 17.4 Å². The van der Waals surface area contributed by atoms with Crippen LogP contribution in [0.5, 0.6) is 0 Å². The largest absolute Gasteiger partial charge is 0.444 e. The maximum atomic E-state index is 13.7. The van der Waals surface area contributed by atoms with Crippen molar-refractivity contribution in [1.29, 1.82) is 0 Å². The van der Waals surface area contributed by atoms with Gasteiger partial charge < -0.3 is 19.7 Å². The van der Waals surface area contributed by atoms with E-state index in [-0.39, 0.29) is 11.3 Å². The van der Waals surface area contributed by atoms with Crippen LogP contribution in [0.2, 0.25) is 0 Å². The highest BCUT2D eigenvalue weighted by molar-refractivity contribution is 6.07. The summed E-state index contributed by atoms with van der Waals surface area (Å²) in [4.78, 5) is 28.9. The van der Waals surface area contributed by atoms with E-state index in [9.17, 15) is 27.9 Å². The van der Waals surface area contributed by atoms with Crippen LogP contribution < -0.4 is 10.6 Å². The highest BCUT2D eigenvalue weighted by Gasteiger charge is 2.57. The van der Waals surface area contributed by atoms with Gasteiger partial charge in [-0.05, 0) is 43.7 Å². The van der Waals surface area contributed by atoms with Gasteiger partial charge in [-0.1, -0.05) is 24.3 Å². The van der Waals surface area contributed by atoms with Gasteiger partial charge in [0.2, 0.25) is 5.60 Å². The molecule has 188 valence electrons. The Labute approximate surface area is 200 Å². The van der Waals surface area contributed by atoms with E-state index in [0.29, 0.717) is 5.39 Å². The van der Waals surface area contributed by atoms with Crippen LogP contribution >= 0.6 is 0 Å². The lowest BCUT2D eigenvalue weighted by Gasteiger charge is -2.30. The fraction of sp³-hybridized carbons (Fsp3) is 0.375. The molecule has 0 bridgehead atoms. The number of rotatable bonds is 6. The molecule has 3 rings (SSSR count). The third-order valence-corrected chi connectivity index (χ3v) is 5.20. The van der Waals surface area contributed by atoms with Crippen molar-refractivity contribution in [3.63, 3.8) is 0 Å². The first-order valence-corrected chi connectivity index (χ1v) is 10.8. The van der Waals surface area contributed by atoms with Gasteiger partial charge in [-0.25, -0.2) is 9.78 Å². The lowest BCUT2D eigenvalue weighted by atomic mass is 9.97. The van der Waals surface area contributed by atoms with Gasteiger partial charge in [0.15, 0.2) is 0 Å². The van der Waals surface area contributed by atoms with Crippen molar-refractivity contribution in [2.45, 2.75) is 44.6 Å². The summed E-state index contributed by atoms with van der Waals surface area (Å²) in [6.45, 7) is 4.54. The number of alkyl halides is 3. The highest BCUT2D eigenvalue weighted by Crippen LogP contribution is 2.40. The van der Waals surface area contributed by atoms with Gasteiger partial charge in [0.05, 0.1) is 11.3 Å². The van der Waals surface area contributed by atoms with Crippen LogP contribution in [0.15, 0.2) is 48.8 Å². The Kier molecular flexibility index (Phi) is 7.11. The number of amides is 2. The molecule has 0 aliphatic carbocycles. The Morgan fingerprint density at radius 3 is 2.29 bits per heavy atom. The molecule has 0 saturated carbocycles. The van der Waals surface area contributed by atoms with E-state index in [1.165, 1.54) is 19.3 Å². The number of carbonyl (C=O) groups is 2. The number of aliphatic hydroxyl groups is 1. The number of hydrogen-bond acceptors (Lipinski definition) is 5. The maximum Gasteiger partial charge on any atom is 0.424 e. The van der Waals surface area contributed by atoms with E-state index in [1.807, 2.05) is 0 Å². The highest BCUT2D eigenvalue weighted by atomic mass is 19.4. The summed E-state index contributed by atoms with van der Waals surface area (Å²) in [6, 6.07) is 10.2. The maximum absolute atomic E-state index is 13.7. The zero-order valence-electron chi connectivity index (χ0n) is 19.7. The molecular formula is C24H27F3N4O4. The Bertz CT molecular complexity index is 1230. The molecule has 1 heterocycles. The molecule has 1 atom stereocenters. The Morgan fingerprint density at radius 1 is 1.11 bits per heavy atom. The van der Waals surface area contributed by atoms with E-state index in [1.54, 1.807) is 51.1 Å². The van der Waals surface area contributed by atoms with Crippen molar-refractivity contribution in [2.24, 2.45) is 7.05 Å². The standard InChI is InChI=1S/C24H27F3N4O4/c1-22(2,3)35-21(33)30-18-14-16-8-6-5-7-15(16)13-17(18)19(32)28-10-9-23(34,24(25,26)27)20-29-11-12-31(20)4/h5-8,11-14,34H,9-10H2,1-4H3,(H,28,32)(H,30,33). The van der Waals surface area contributed by atoms with Gasteiger partial charge in [-0.2, -0.15) is 13.2 Å². The molecule has 0 spiro atoms. The van der Waals surface area contributed by atoms with E-state index in [2.05, 4.69) is 15.6 Å². The fourth-order valence-corrected chi connectivity index (χ4v) is 3.54. The molecule has 0 saturated heterocycles. The number of hydrogen-bond donors (Lipinski definition) is 3. The summed E-state index contributed by atoms with van der Waals surface area (Å²) in [6.07, 6.45) is -4.25. The van der Waals surface area contributed by atoms with Gasteiger partial charge in [0.25, 0.3) is 5.91 Å². The van der Waals surface area contributed by atoms with Crippen LogP contribution in [0.1, 0.15) is 43.4 Å². The summed E-state index contributed by atoms with van der Waals surface area (Å²) in [5.41, 5.74) is -3.89. The predicted molar refractivity (Wildman–Crippen MR) is 124 cm³/mol. The number of aromatic nitrogens is 2. The molecule has 2 amide bonds. The minimum Gasteiger partial charge on any atom is -0.444 e. The lowest BCUT2D eigenvalue weighted by molar-refractivity contribution is -0.272. The molecule has 3 aromatic rings. The first kappa shape index (κ1) is 26.0. The zero-order valence-corrected chi connectivity index (χ0v) is 19.7. The van der Waals surface area contributed by atoms with Crippen LogP contribution in [0, 0.1) is 0 Å². The second kappa shape index (κ2) is 9.57. The second-order valence-corrected chi connectivity index (χ2v) is 9.10. The molecule has 8 nitrogen and oxygen atoms in total. The number of halogens is 3. The predicted octanol–water partition coefficient (Wildman–Crippen LogP) is 4.49. The molecule has 1 unspecified atom stereocenters. The van der Waals surface area contributed by atoms with Crippen molar-refractivity contribution in [3.8, 4) is 0 Å². The smallest absolute Gasteiger partial charge is 0.424 e. The van der Waals surface area contributed by atoms with Crippen molar-refractivity contribution < 1.29 is 32.6 Å². The van der Waals surface area contributed by atoms with Crippen LogP contribution in [-0.4, -0.2) is 45.0 Å². The summed E-state index contributed by atoms with van der Waals surface area (Å²) in [7, 11) is 1.33. The average molecular weight is 492 g/mol. The van der Waals surface area contributed by atoms with Crippen molar-refractivity contribution >= 4 is 28.5 Å². The number of fused-ring (bicyclic) bond motifs is 1. The van der Waals surface area contributed by atoms with Gasteiger partial charge in [-0.15, -0.1) is 0 Å². The van der Waals surface area contributed by atoms with Crippen LogP contribution in [0.3, 0.4) is 0 Å². The van der Waals surface area contributed by atoms with E-state index in [0.717, 1.165) is 16.2 Å². The molecule has 11 heteroatoms. The molecule has 1 aromatic heterocycles. The van der Waals surface area contributed by atoms with Gasteiger partial charge in [-0.3, -0.25) is 10.1 Å². The third-order valence-electron chi connectivity index (χ3n) is 5.20. The van der Waals surface area contributed by atoms with Crippen LogP contribution in [0.4, 0.5) is 23.7 Å². The minimum absolute atomic E-state index is 0.0297. The number of nitrogens with one attached hydrogen (secondary N) is 2. The van der Waals surface area contributed by atoms with Crippen molar-refractivity contribution in [1.82, 2.24) is 14.9 Å². The van der Waals surface area contributed by atoms with Gasteiger partial charge in [0.1, 0.15) is 11.4 Å². The molecule has 0 aliphatic rings. The first-order chi connectivity index (χ1) is 16.2. The molecule has 2 aromatic carbocycles. The Hall–Kier alpha value is -3.60. The first-order valence-electron chi connectivity index (χ1n) is 10.8. The molecule has 35 heavy (non-hydrogen) atoms. The minimum atomic E-state index is -5.02. The second-order valence-electron chi connectivity index (χ2n) is 9.10. The molecule has 0 radical (unpaired) electrons. The summed E-state index contributed by atoms with van der Waals surface area (Å²) in [5, 5.41) is 16.8. The molecule has 3 N–H and O–H groups in total. The summed E-state index contributed by atoms with van der Waals surface area (Å²) < 4.78 is 47.5. The number of ether oxygens (including phenoxy) is 1. The number of benzene rings is 2. The Balaban J connectivity index is 1.84. The van der Waals surface area contributed by atoms with Gasteiger partial charge in [0, 0.05) is 32.4 Å². The molecule has 0 aliphatic heterocycles. The quantitative estimate of drug-likeness (QED) is 0.470. The third kappa shape index (κ3) is 5.91.